The number of fused-ring (bicyclic) bond motifs is 1. The Bertz CT molecular complexity index is 570. The van der Waals surface area contributed by atoms with E-state index >= 15 is 0 Å². The molecule has 16 heavy (non-hydrogen) atoms. The number of aromatic nitrogens is 2. The molecule has 0 radical (unpaired) electrons. The third kappa shape index (κ3) is 1.51. The lowest BCUT2D eigenvalue weighted by atomic mass is 9.98. The molecule has 5 heteroatoms. The van der Waals surface area contributed by atoms with Gasteiger partial charge >= 0.3 is 5.76 Å². The predicted octanol–water partition coefficient (Wildman–Crippen LogP) is 1.94. The Morgan fingerprint density at radius 3 is 2.81 bits per heavy atom. The molecular formula is C11H9BrN2O2. The molecule has 0 spiro atoms. The summed E-state index contributed by atoms with van der Waals surface area (Å²) in [5.74, 6) is 0.729. The van der Waals surface area contributed by atoms with Crippen LogP contribution in [0, 0.1) is 0 Å². The molecule has 0 unspecified atom stereocenters. The van der Waals surface area contributed by atoms with E-state index in [0.717, 1.165) is 16.7 Å². The van der Waals surface area contributed by atoms with Crippen molar-refractivity contribution in [3.63, 3.8) is 0 Å². The zero-order valence-corrected chi connectivity index (χ0v) is 9.98. The van der Waals surface area contributed by atoms with Gasteiger partial charge in [-0.3, -0.25) is 9.09 Å². The Morgan fingerprint density at radius 2 is 2.12 bits per heavy atom. The third-order valence-corrected chi connectivity index (χ3v) is 3.46. The fourth-order valence-corrected chi connectivity index (χ4v) is 2.35. The van der Waals surface area contributed by atoms with Crippen LogP contribution in [0.15, 0.2) is 38.1 Å². The summed E-state index contributed by atoms with van der Waals surface area (Å²) in [6, 6.07) is 8.17. The molecule has 0 saturated carbocycles. The fourth-order valence-electron chi connectivity index (χ4n) is 2.09. The second-order valence-electron chi connectivity index (χ2n) is 3.93. The number of halogens is 1. The average molecular weight is 281 g/mol. The summed E-state index contributed by atoms with van der Waals surface area (Å²) >= 11 is 3.40. The molecule has 0 fully saturated rings. The van der Waals surface area contributed by atoms with Gasteiger partial charge < -0.3 is 0 Å². The van der Waals surface area contributed by atoms with Gasteiger partial charge in [0.05, 0.1) is 0 Å². The SMILES string of the molecule is O=c1onc2n1C[C@@H](c1ccc(Br)cc1)C2. The van der Waals surface area contributed by atoms with E-state index < -0.39 is 0 Å². The molecule has 0 N–H and O–H groups in total. The Labute approximate surface area is 100 Å². The lowest BCUT2D eigenvalue weighted by Crippen LogP contribution is -2.13. The van der Waals surface area contributed by atoms with Gasteiger partial charge in [-0.1, -0.05) is 33.2 Å². The maximum atomic E-state index is 11.3. The molecule has 3 rings (SSSR count). The number of benzene rings is 1. The highest BCUT2D eigenvalue weighted by atomic mass is 79.9. The normalized spacial score (nSPS) is 18.7. The van der Waals surface area contributed by atoms with Crippen LogP contribution in [0.4, 0.5) is 0 Å². The minimum absolute atomic E-state index is 0.333. The van der Waals surface area contributed by atoms with Crippen LogP contribution >= 0.6 is 15.9 Å². The fraction of sp³-hybridized carbons (Fsp3) is 0.273. The first-order valence-electron chi connectivity index (χ1n) is 5.05. The van der Waals surface area contributed by atoms with Gasteiger partial charge in [0.15, 0.2) is 5.82 Å². The molecule has 2 heterocycles. The monoisotopic (exact) mass is 280 g/mol. The quantitative estimate of drug-likeness (QED) is 0.802. The first kappa shape index (κ1) is 9.84. The van der Waals surface area contributed by atoms with Crippen molar-refractivity contribution in [3.05, 3.63) is 50.7 Å². The van der Waals surface area contributed by atoms with E-state index in [9.17, 15) is 4.79 Å². The molecule has 0 bridgehead atoms. The molecule has 0 saturated heterocycles. The highest BCUT2D eigenvalue weighted by molar-refractivity contribution is 9.10. The second kappa shape index (κ2) is 3.59. The van der Waals surface area contributed by atoms with E-state index in [-0.39, 0.29) is 5.76 Å². The standard InChI is InChI=1S/C11H9BrN2O2/c12-9-3-1-7(2-4-9)8-5-10-13-16-11(15)14(10)6-8/h1-4,8H,5-6H2/t8-/m0/s1. The molecule has 82 valence electrons. The van der Waals surface area contributed by atoms with E-state index in [0.29, 0.717) is 12.5 Å². The highest BCUT2D eigenvalue weighted by Crippen LogP contribution is 2.27. The zero-order chi connectivity index (χ0) is 11.1. The minimum atomic E-state index is -0.352. The first-order chi connectivity index (χ1) is 7.74. The summed E-state index contributed by atoms with van der Waals surface area (Å²) in [7, 11) is 0. The molecule has 0 aliphatic carbocycles. The van der Waals surface area contributed by atoms with Crippen molar-refractivity contribution < 1.29 is 4.52 Å². The summed E-state index contributed by atoms with van der Waals surface area (Å²) in [5, 5.41) is 3.76. The average Bonchev–Trinajstić information content (AvgIpc) is 2.83. The molecule has 1 aliphatic rings. The number of hydrogen-bond acceptors (Lipinski definition) is 3. The second-order valence-corrected chi connectivity index (χ2v) is 4.84. The van der Waals surface area contributed by atoms with Gasteiger partial charge in [-0.2, -0.15) is 0 Å². The Hall–Kier alpha value is -1.36. The van der Waals surface area contributed by atoms with Gasteiger partial charge in [0, 0.05) is 23.4 Å². The van der Waals surface area contributed by atoms with Crippen molar-refractivity contribution in [1.29, 1.82) is 0 Å². The molecule has 2 aromatic rings. The van der Waals surface area contributed by atoms with E-state index in [1.54, 1.807) is 4.57 Å². The maximum absolute atomic E-state index is 11.3. The molecule has 0 amide bonds. The van der Waals surface area contributed by atoms with Crippen molar-refractivity contribution in [2.24, 2.45) is 0 Å². The lowest BCUT2D eigenvalue weighted by Gasteiger charge is -2.08. The largest absolute Gasteiger partial charge is 0.441 e. The van der Waals surface area contributed by atoms with Crippen LogP contribution < -0.4 is 5.76 Å². The number of rotatable bonds is 1. The molecule has 4 nitrogen and oxygen atoms in total. The van der Waals surface area contributed by atoms with Gasteiger partial charge in [0.25, 0.3) is 0 Å². The lowest BCUT2D eigenvalue weighted by molar-refractivity contribution is 0.363. The Kier molecular flexibility index (Phi) is 2.21. The van der Waals surface area contributed by atoms with Crippen LogP contribution in [0.25, 0.3) is 0 Å². The molecular weight excluding hydrogens is 272 g/mol. The highest BCUT2D eigenvalue weighted by Gasteiger charge is 2.27. The van der Waals surface area contributed by atoms with Crippen LogP contribution in [-0.2, 0) is 13.0 Å². The zero-order valence-electron chi connectivity index (χ0n) is 8.39. The van der Waals surface area contributed by atoms with Crippen molar-refractivity contribution >= 4 is 15.9 Å². The Morgan fingerprint density at radius 1 is 1.38 bits per heavy atom. The van der Waals surface area contributed by atoms with Crippen LogP contribution in [0.5, 0.6) is 0 Å². The predicted molar refractivity (Wildman–Crippen MR) is 61.4 cm³/mol. The third-order valence-electron chi connectivity index (χ3n) is 2.93. The minimum Gasteiger partial charge on any atom is -0.296 e. The molecule has 1 aliphatic heterocycles. The van der Waals surface area contributed by atoms with E-state index in [1.807, 2.05) is 12.1 Å². The van der Waals surface area contributed by atoms with Gasteiger partial charge in [-0.25, -0.2) is 4.79 Å². The van der Waals surface area contributed by atoms with E-state index in [2.05, 4.69) is 37.7 Å². The van der Waals surface area contributed by atoms with Crippen molar-refractivity contribution in [2.45, 2.75) is 18.9 Å². The summed E-state index contributed by atoms with van der Waals surface area (Å²) in [4.78, 5) is 11.3. The van der Waals surface area contributed by atoms with E-state index in [4.69, 9.17) is 0 Å². The van der Waals surface area contributed by atoms with Gasteiger partial charge in [-0.15, -0.1) is 0 Å². The van der Waals surface area contributed by atoms with E-state index in [1.165, 1.54) is 5.56 Å². The molecule has 1 atom stereocenters. The van der Waals surface area contributed by atoms with Crippen molar-refractivity contribution in [1.82, 2.24) is 9.72 Å². The van der Waals surface area contributed by atoms with Crippen molar-refractivity contribution in [2.75, 3.05) is 0 Å². The van der Waals surface area contributed by atoms with Crippen LogP contribution in [-0.4, -0.2) is 9.72 Å². The molecule has 1 aromatic heterocycles. The van der Waals surface area contributed by atoms with Gasteiger partial charge in [0.2, 0.25) is 0 Å². The van der Waals surface area contributed by atoms with Crippen LogP contribution in [0.2, 0.25) is 0 Å². The van der Waals surface area contributed by atoms with Crippen molar-refractivity contribution in [3.8, 4) is 0 Å². The van der Waals surface area contributed by atoms with Gasteiger partial charge in [-0.05, 0) is 17.7 Å². The number of hydrogen-bond donors (Lipinski definition) is 0. The van der Waals surface area contributed by atoms with Crippen LogP contribution in [0.3, 0.4) is 0 Å². The summed E-state index contributed by atoms with van der Waals surface area (Å²) < 4.78 is 7.26. The smallest absolute Gasteiger partial charge is 0.296 e. The first-order valence-corrected chi connectivity index (χ1v) is 5.84. The topological polar surface area (TPSA) is 48.0 Å². The summed E-state index contributed by atoms with van der Waals surface area (Å²) in [6.07, 6.45) is 0.771. The maximum Gasteiger partial charge on any atom is 0.441 e. The summed E-state index contributed by atoms with van der Waals surface area (Å²) in [6.45, 7) is 0.666. The number of nitrogens with zero attached hydrogens (tertiary/aromatic N) is 2. The summed E-state index contributed by atoms with van der Waals surface area (Å²) in [5.41, 5.74) is 1.23. The van der Waals surface area contributed by atoms with Crippen LogP contribution in [0.1, 0.15) is 17.3 Å². The van der Waals surface area contributed by atoms with Gasteiger partial charge in [0.1, 0.15) is 0 Å². The Balaban J connectivity index is 1.91. The molecule has 1 aromatic carbocycles.